The summed E-state index contributed by atoms with van der Waals surface area (Å²) in [5, 5.41) is 2.65. The number of hydrogen-bond donors (Lipinski definition) is 2. The highest BCUT2D eigenvalue weighted by atomic mass is 16.5. The van der Waals surface area contributed by atoms with E-state index in [0.29, 0.717) is 25.2 Å². The van der Waals surface area contributed by atoms with Gasteiger partial charge in [-0.15, -0.1) is 0 Å². The highest BCUT2D eigenvalue weighted by Crippen LogP contribution is 2.10. The maximum atomic E-state index is 12.2. The molecule has 1 saturated heterocycles. The number of ether oxygens (including phenoxy) is 1. The van der Waals surface area contributed by atoms with E-state index in [1.54, 1.807) is 4.90 Å². The van der Waals surface area contributed by atoms with E-state index in [0.717, 1.165) is 0 Å². The smallest absolute Gasteiger partial charge is 0.407 e. The molecule has 1 aromatic rings. The van der Waals surface area contributed by atoms with Crippen LogP contribution in [0.25, 0.3) is 0 Å². The summed E-state index contributed by atoms with van der Waals surface area (Å²) in [6.07, 6.45) is 1.59. The molecule has 1 fully saturated rings. The Hall–Kier alpha value is -2.51. The SMILES string of the molecule is COC(=O)NC1CCN(C(=O)Cn2cc(N)ccc2=O)C1. The van der Waals surface area contributed by atoms with Crippen molar-refractivity contribution in [2.75, 3.05) is 25.9 Å². The van der Waals surface area contributed by atoms with Gasteiger partial charge in [0.15, 0.2) is 0 Å². The molecule has 2 heterocycles. The van der Waals surface area contributed by atoms with Gasteiger partial charge in [-0.3, -0.25) is 9.59 Å². The van der Waals surface area contributed by atoms with Crippen molar-refractivity contribution < 1.29 is 14.3 Å². The molecule has 1 aliphatic heterocycles. The van der Waals surface area contributed by atoms with Gasteiger partial charge < -0.3 is 25.3 Å². The number of hydrogen-bond acceptors (Lipinski definition) is 5. The Bertz CT molecular complexity index is 598. The summed E-state index contributed by atoms with van der Waals surface area (Å²) >= 11 is 0. The largest absolute Gasteiger partial charge is 0.453 e. The summed E-state index contributed by atoms with van der Waals surface area (Å²) in [6, 6.07) is 2.70. The molecule has 0 bridgehead atoms. The lowest BCUT2D eigenvalue weighted by atomic mass is 10.3. The number of alkyl carbamates (subject to hydrolysis) is 1. The topological polar surface area (TPSA) is 107 Å². The van der Waals surface area contributed by atoms with Crippen LogP contribution in [-0.2, 0) is 16.1 Å². The molecule has 114 valence electrons. The first-order valence-corrected chi connectivity index (χ1v) is 6.58. The molecule has 2 amide bonds. The molecular weight excluding hydrogens is 276 g/mol. The van der Waals surface area contributed by atoms with E-state index < -0.39 is 6.09 Å². The number of methoxy groups -OCH3 is 1. The molecule has 8 nitrogen and oxygen atoms in total. The summed E-state index contributed by atoms with van der Waals surface area (Å²) < 4.78 is 5.80. The number of aromatic nitrogens is 1. The second kappa shape index (κ2) is 6.29. The minimum Gasteiger partial charge on any atom is -0.453 e. The summed E-state index contributed by atoms with van der Waals surface area (Å²) in [5.74, 6) is -0.183. The van der Waals surface area contributed by atoms with Gasteiger partial charge in [0.2, 0.25) is 5.91 Å². The Labute approximate surface area is 121 Å². The van der Waals surface area contributed by atoms with Crippen LogP contribution in [0, 0.1) is 0 Å². The van der Waals surface area contributed by atoms with Crippen molar-refractivity contribution in [2.24, 2.45) is 0 Å². The zero-order valence-electron chi connectivity index (χ0n) is 11.7. The molecule has 8 heteroatoms. The third-order valence-corrected chi connectivity index (χ3v) is 3.36. The summed E-state index contributed by atoms with van der Waals surface area (Å²) in [4.78, 5) is 36.5. The van der Waals surface area contributed by atoms with Crippen molar-refractivity contribution in [2.45, 2.75) is 19.0 Å². The van der Waals surface area contributed by atoms with Crippen LogP contribution in [-0.4, -0.2) is 47.7 Å². The van der Waals surface area contributed by atoms with Crippen LogP contribution < -0.4 is 16.6 Å². The van der Waals surface area contributed by atoms with Crippen molar-refractivity contribution in [3.63, 3.8) is 0 Å². The fourth-order valence-corrected chi connectivity index (χ4v) is 2.25. The number of nitrogens with two attached hydrogens (primary N) is 1. The van der Waals surface area contributed by atoms with Crippen LogP contribution >= 0.6 is 0 Å². The van der Waals surface area contributed by atoms with Gasteiger partial charge in [-0.2, -0.15) is 0 Å². The van der Waals surface area contributed by atoms with E-state index in [2.05, 4.69) is 10.1 Å². The number of carbonyl (C=O) groups excluding carboxylic acids is 2. The number of amides is 2. The van der Waals surface area contributed by atoms with Gasteiger partial charge in [0.1, 0.15) is 6.54 Å². The number of nitrogens with zero attached hydrogens (tertiary/aromatic N) is 2. The first kappa shape index (κ1) is 14.9. The van der Waals surface area contributed by atoms with Gasteiger partial charge in [-0.05, 0) is 12.5 Å². The quantitative estimate of drug-likeness (QED) is 0.773. The van der Waals surface area contributed by atoms with E-state index >= 15 is 0 Å². The third kappa shape index (κ3) is 3.74. The lowest BCUT2D eigenvalue weighted by molar-refractivity contribution is -0.130. The van der Waals surface area contributed by atoms with E-state index in [-0.39, 0.29) is 24.1 Å². The molecule has 2 rings (SSSR count). The Morgan fingerprint density at radius 3 is 2.95 bits per heavy atom. The van der Waals surface area contributed by atoms with Gasteiger partial charge in [0, 0.05) is 31.0 Å². The van der Waals surface area contributed by atoms with E-state index in [1.165, 1.54) is 30.0 Å². The predicted octanol–water partition coefficient (Wildman–Crippen LogP) is -0.613. The maximum Gasteiger partial charge on any atom is 0.407 e. The number of pyridine rings is 1. The van der Waals surface area contributed by atoms with E-state index in [1.807, 2.05) is 0 Å². The lowest BCUT2D eigenvalue weighted by Crippen LogP contribution is -2.40. The van der Waals surface area contributed by atoms with Crippen LogP contribution in [0.3, 0.4) is 0 Å². The van der Waals surface area contributed by atoms with Crippen LogP contribution in [0.2, 0.25) is 0 Å². The van der Waals surface area contributed by atoms with E-state index in [9.17, 15) is 14.4 Å². The Morgan fingerprint density at radius 2 is 2.24 bits per heavy atom. The van der Waals surface area contributed by atoms with Gasteiger partial charge in [-0.25, -0.2) is 4.79 Å². The first-order valence-electron chi connectivity index (χ1n) is 6.58. The van der Waals surface area contributed by atoms with Crippen molar-refractivity contribution in [1.29, 1.82) is 0 Å². The number of anilines is 1. The Balaban J connectivity index is 1.94. The minimum absolute atomic E-state index is 0.0607. The Morgan fingerprint density at radius 1 is 1.48 bits per heavy atom. The molecule has 0 spiro atoms. The fourth-order valence-electron chi connectivity index (χ4n) is 2.25. The fraction of sp³-hybridized carbons (Fsp3) is 0.462. The number of carbonyl (C=O) groups is 2. The standard InChI is InChI=1S/C13H18N4O4/c1-21-13(20)15-10-4-5-16(7-10)12(19)8-17-6-9(14)2-3-11(17)18/h2-3,6,10H,4-5,7-8,14H2,1H3,(H,15,20). The number of nitrogens with one attached hydrogen (secondary N) is 1. The second-order valence-corrected chi connectivity index (χ2v) is 4.89. The van der Waals surface area contributed by atoms with E-state index in [4.69, 9.17) is 5.73 Å². The lowest BCUT2D eigenvalue weighted by Gasteiger charge is -2.17. The van der Waals surface area contributed by atoms with Crippen molar-refractivity contribution >= 4 is 17.7 Å². The van der Waals surface area contributed by atoms with Crippen LogP contribution in [0.1, 0.15) is 6.42 Å². The molecule has 1 unspecified atom stereocenters. The molecular formula is C13H18N4O4. The molecule has 1 aromatic heterocycles. The molecule has 3 N–H and O–H groups in total. The van der Waals surface area contributed by atoms with Gasteiger partial charge >= 0.3 is 6.09 Å². The number of likely N-dealkylation sites (tertiary alicyclic amines) is 1. The highest BCUT2D eigenvalue weighted by molar-refractivity contribution is 5.76. The monoisotopic (exact) mass is 294 g/mol. The summed E-state index contributed by atoms with van der Waals surface area (Å²) in [5.41, 5.74) is 5.75. The number of nitrogen functional groups attached to an aromatic ring is 1. The highest BCUT2D eigenvalue weighted by Gasteiger charge is 2.27. The zero-order chi connectivity index (χ0) is 15.4. The third-order valence-electron chi connectivity index (χ3n) is 3.36. The average Bonchev–Trinajstić information content (AvgIpc) is 2.91. The zero-order valence-corrected chi connectivity index (χ0v) is 11.7. The molecule has 0 radical (unpaired) electrons. The summed E-state index contributed by atoms with van der Waals surface area (Å²) in [7, 11) is 1.29. The van der Waals surface area contributed by atoms with Gasteiger partial charge in [0.25, 0.3) is 5.56 Å². The van der Waals surface area contributed by atoms with Gasteiger partial charge in [0.05, 0.1) is 13.2 Å². The second-order valence-electron chi connectivity index (χ2n) is 4.89. The van der Waals surface area contributed by atoms with Gasteiger partial charge in [-0.1, -0.05) is 0 Å². The van der Waals surface area contributed by atoms with Crippen molar-refractivity contribution in [3.8, 4) is 0 Å². The maximum absolute atomic E-state index is 12.2. The Kier molecular flexibility index (Phi) is 4.46. The minimum atomic E-state index is -0.513. The van der Waals surface area contributed by atoms with Crippen LogP contribution in [0.15, 0.2) is 23.1 Å². The molecule has 1 aliphatic rings. The molecule has 0 aliphatic carbocycles. The normalized spacial score (nSPS) is 17.6. The molecule has 0 saturated carbocycles. The van der Waals surface area contributed by atoms with Crippen molar-refractivity contribution in [3.05, 3.63) is 28.7 Å². The summed E-state index contributed by atoms with van der Waals surface area (Å²) in [6.45, 7) is 0.879. The first-order chi connectivity index (χ1) is 9.99. The average molecular weight is 294 g/mol. The van der Waals surface area contributed by atoms with Crippen molar-refractivity contribution in [1.82, 2.24) is 14.8 Å². The van der Waals surface area contributed by atoms with Crippen LogP contribution in [0.4, 0.5) is 10.5 Å². The number of rotatable bonds is 3. The molecule has 1 atom stereocenters. The molecule has 0 aromatic carbocycles. The predicted molar refractivity (Wildman–Crippen MR) is 75.6 cm³/mol. The van der Waals surface area contributed by atoms with Crippen LogP contribution in [0.5, 0.6) is 0 Å². The molecule has 21 heavy (non-hydrogen) atoms.